The van der Waals surface area contributed by atoms with Crippen LogP contribution in [0.4, 0.5) is 0 Å². The number of Topliss-reactive ketones (excluding diaryl/α,β-unsaturated/α-hetero) is 2. The van der Waals surface area contributed by atoms with E-state index in [9.17, 15) is 19.2 Å². The molecule has 1 heterocycles. The minimum atomic E-state index is -0.569. The quantitative estimate of drug-likeness (QED) is 0.0878. The van der Waals surface area contributed by atoms with Gasteiger partial charge in [0.15, 0.2) is 5.78 Å². The maximum atomic E-state index is 14.3. The van der Waals surface area contributed by atoms with Crippen molar-refractivity contribution in [2.75, 3.05) is 27.8 Å². The summed E-state index contributed by atoms with van der Waals surface area (Å²) in [7, 11) is 5.12. The number of amides is 2. The molecule has 0 radical (unpaired) electrons. The Morgan fingerprint density at radius 1 is 0.836 bits per heavy atom. The zero-order valence-electron chi connectivity index (χ0n) is 39.5. The van der Waals surface area contributed by atoms with E-state index in [-0.39, 0.29) is 83.5 Å². The fraction of sp³-hybridized carbons (Fsp3) is 0.654. The molecule has 9 nitrogen and oxygen atoms in total. The Balaban J connectivity index is 1.65. The summed E-state index contributed by atoms with van der Waals surface area (Å²) < 4.78 is 12.2. The number of ketones is 2. The number of carbonyl (C=O) groups is 4. The van der Waals surface area contributed by atoms with Crippen LogP contribution in [-0.4, -0.2) is 86.4 Å². The summed E-state index contributed by atoms with van der Waals surface area (Å²) in [5, 5.41) is 6.12. The predicted molar refractivity (Wildman–Crippen MR) is 249 cm³/mol. The number of hydrogen-bond acceptors (Lipinski definition) is 7. The summed E-state index contributed by atoms with van der Waals surface area (Å²) in [6.07, 6.45) is 10.7. The molecule has 9 heteroatoms. The molecule has 1 saturated heterocycles. The highest BCUT2D eigenvalue weighted by atomic mass is 16.5. The second-order valence-electron chi connectivity index (χ2n) is 18.6. The SMILES string of the molecule is CCC(C)C(CC(C)CC(=O)C(NC(=O)C(NC)C(C)C)C(C)C)C(CC(=O)N1CCCC1C(OC)C(C)C(=O)CCCC(C=Cc1ccccc1)Cc1ccccc1)OC. The van der Waals surface area contributed by atoms with Crippen LogP contribution >= 0.6 is 0 Å². The summed E-state index contributed by atoms with van der Waals surface area (Å²) in [5.41, 5.74) is 2.45. The Bertz CT molecular complexity index is 1630. The Kier molecular flexibility index (Phi) is 22.7. The van der Waals surface area contributed by atoms with Crippen molar-refractivity contribution in [2.45, 2.75) is 150 Å². The average Bonchev–Trinajstić information content (AvgIpc) is 3.73. The second kappa shape index (κ2) is 26.7. The van der Waals surface area contributed by atoms with E-state index in [1.807, 2.05) is 63.8 Å². The van der Waals surface area contributed by atoms with Crippen molar-refractivity contribution < 1.29 is 28.7 Å². The molecule has 1 aliphatic rings. The van der Waals surface area contributed by atoms with Gasteiger partial charge in [0.05, 0.1) is 36.8 Å². The molecule has 2 aromatic rings. The highest BCUT2D eigenvalue weighted by Gasteiger charge is 2.41. The van der Waals surface area contributed by atoms with Gasteiger partial charge in [-0.25, -0.2) is 0 Å². The van der Waals surface area contributed by atoms with Crippen LogP contribution < -0.4 is 10.6 Å². The molecule has 2 amide bonds. The van der Waals surface area contributed by atoms with Gasteiger partial charge in [-0.2, -0.15) is 0 Å². The molecule has 10 unspecified atom stereocenters. The molecule has 10 atom stereocenters. The smallest absolute Gasteiger partial charge is 0.237 e. The molecule has 0 aliphatic carbocycles. The minimum absolute atomic E-state index is 0.0221. The van der Waals surface area contributed by atoms with Gasteiger partial charge in [-0.1, -0.05) is 135 Å². The van der Waals surface area contributed by atoms with E-state index in [0.29, 0.717) is 25.3 Å². The standard InChI is InChI=1S/C52H81N3O6/c1-12-38(7)43(31-37(6)32-46(57)49(35(2)3)54-52(59)50(53-9)36(4)5)47(60-10)34-48(58)55-30-20-26-44(55)51(61-11)39(8)45(56)27-19-25-42(33-41-23-17-14-18-24-41)29-28-40-21-15-13-16-22-40/h13-18,21-24,28-29,35-39,42-44,47,49-51,53H,12,19-20,25-27,30-34H2,1-11H3,(H,54,59). The molecule has 0 saturated carbocycles. The van der Waals surface area contributed by atoms with E-state index in [1.54, 1.807) is 21.3 Å². The first-order valence-corrected chi connectivity index (χ1v) is 23.3. The normalized spacial score (nSPS) is 19.0. The third-order valence-corrected chi connectivity index (χ3v) is 13.3. The number of likely N-dealkylation sites (N-methyl/N-ethyl adjacent to an activating group) is 1. The van der Waals surface area contributed by atoms with Gasteiger partial charge in [0.2, 0.25) is 11.8 Å². The first-order chi connectivity index (χ1) is 29.1. The van der Waals surface area contributed by atoms with Crippen LogP contribution in [0.1, 0.15) is 124 Å². The van der Waals surface area contributed by atoms with Gasteiger partial charge in [0, 0.05) is 39.5 Å². The summed E-state index contributed by atoms with van der Waals surface area (Å²) in [5.74, 6) is 0.406. The van der Waals surface area contributed by atoms with E-state index >= 15 is 0 Å². The number of nitrogens with zero attached hydrogens (tertiary/aromatic N) is 1. The largest absolute Gasteiger partial charge is 0.381 e. The lowest BCUT2D eigenvalue weighted by Crippen LogP contribution is -2.53. The third-order valence-electron chi connectivity index (χ3n) is 13.3. The van der Waals surface area contributed by atoms with Crippen molar-refractivity contribution in [2.24, 2.45) is 41.4 Å². The van der Waals surface area contributed by atoms with Crippen molar-refractivity contribution in [3.05, 3.63) is 77.9 Å². The van der Waals surface area contributed by atoms with E-state index < -0.39 is 12.1 Å². The maximum Gasteiger partial charge on any atom is 0.237 e. The first kappa shape index (κ1) is 51.7. The number of benzene rings is 2. The van der Waals surface area contributed by atoms with Crippen molar-refractivity contribution in [1.29, 1.82) is 0 Å². The first-order valence-electron chi connectivity index (χ1n) is 23.3. The molecule has 1 fully saturated rings. The van der Waals surface area contributed by atoms with E-state index in [2.05, 4.69) is 80.0 Å². The molecule has 0 bridgehead atoms. The predicted octanol–water partition coefficient (Wildman–Crippen LogP) is 9.38. The average molecular weight is 844 g/mol. The van der Waals surface area contributed by atoms with Gasteiger partial charge in [0.1, 0.15) is 5.78 Å². The monoisotopic (exact) mass is 844 g/mol. The second-order valence-corrected chi connectivity index (χ2v) is 18.6. The molecular weight excluding hydrogens is 763 g/mol. The highest BCUT2D eigenvalue weighted by Crippen LogP contribution is 2.34. The number of hydrogen-bond donors (Lipinski definition) is 2. The lowest BCUT2D eigenvalue weighted by atomic mass is 9.77. The van der Waals surface area contributed by atoms with Crippen LogP contribution in [0, 0.1) is 41.4 Å². The fourth-order valence-electron chi connectivity index (χ4n) is 9.48. The van der Waals surface area contributed by atoms with Gasteiger partial charge in [-0.15, -0.1) is 0 Å². The molecule has 0 aromatic heterocycles. The molecule has 0 spiro atoms. The van der Waals surface area contributed by atoms with Crippen molar-refractivity contribution in [3.63, 3.8) is 0 Å². The van der Waals surface area contributed by atoms with Crippen LogP contribution in [0.2, 0.25) is 0 Å². The van der Waals surface area contributed by atoms with Crippen LogP contribution in [0.3, 0.4) is 0 Å². The Morgan fingerprint density at radius 3 is 2.05 bits per heavy atom. The molecule has 2 aromatic carbocycles. The van der Waals surface area contributed by atoms with Crippen molar-refractivity contribution >= 4 is 29.5 Å². The molecule has 2 N–H and O–H groups in total. The van der Waals surface area contributed by atoms with Gasteiger partial charge < -0.3 is 25.0 Å². The summed E-state index contributed by atoms with van der Waals surface area (Å²) in [6.45, 7) is 17.0. The van der Waals surface area contributed by atoms with E-state index in [4.69, 9.17) is 9.47 Å². The lowest BCUT2D eigenvalue weighted by Gasteiger charge is -2.36. The van der Waals surface area contributed by atoms with Crippen LogP contribution in [0.25, 0.3) is 6.08 Å². The lowest BCUT2D eigenvalue weighted by molar-refractivity contribution is -0.142. The zero-order chi connectivity index (χ0) is 45.1. The van der Waals surface area contributed by atoms with Crippen LogP contribution in [0.15, 0.2) is 66.7 Å². The topological polar surface area (TPSA) is 114 Å². The number of allylic oxidation sites excluding steroid dienone is 1. The highest BCUT2D eigenvalue weighted by molar-refractivity contribution is 5.91. The molecular formula is C52H81N3O6. The van der Waals surface area contributed by atoms with Crippen LogP contribution in [0.5, 0.6) is 0 Å². The number of carbonyl (C=O) groups excluding carboxylic acids is 4. The van der Waals surface area contributed by atoms with E-state index in [1.165, 1.54) is 11.1 Å². The number of nitrogens with one attached hydrogen (secondary N) is 2. The third kappa shape index (κ3) is 16.2. The Morgan fingerprint density at radius 2 is 1.48 bits per heavy atom. The Hall–Kier alpha value is -3.66. The maximum absolute atomic E-state index is 14.3. The Labute approximate surface area is 369 Å². The molecule has 1 aliphatic heterocycles. The summed E-state index contributed by atoms with van der Waals surface area (Å²) in [6, 6.07) is 19.7. The van der Waals surface area contributed by atoms with Crippen molar-refractivity contribution in [3.8, 4) is 0 Å². The van der Waals surface area contributed by atoms with Gasteiger partial charge in [-0.05, 0) is 92.2 Å². The number of methoxy groups -OCH3 is 2. The van der Waals surface area contributed by atoms with Crippen molar-refractivity contribution in [1.82, 2.24) is 15.5 Å². The van der Waals surface area contributed by atoms with Gasteiger partial charge in [-0.3, -0.25) is 19.2 Å². The number of ether oxygens (including phenoxy) is 2. The summed E-state index contributed by atoms with van der Waals surface area (Å²) in [4.78, 5) is 56.9. The molecule has 61 heavy (non-hydrogen) atoms. The van der Waals surface area contributed by atoms with E-state index in [0.717, 1.165) is 44.9 Å². The zero-order valence-corrected chi connectivity index (χ0v) is 39.5. The number of likely N-dealkylation sites (tertiary alicyclic amines) is 1. The fourth-order valence-corrected chi connectivity index (χ4v) is 9.48. The summed E-state index contributed by atoms with van der Waals surface area (Å²) >= 11 is 0. The van der Waals surface area contributed by atoms with Gasteiger partial charge >= 0.3 is 0 Å². The van der Waals surface area contributed by atoms with Crippen LogP contribution in [-0.2, 0) is 35.1 Å². The molecule has 3 rings (SSSR count). The molecule has 340 valence electrons. The number of rotatable bonds is 28. The van der Waals surface area contributed by atoms with Gasteiger partial charge in [0.25, 0.3) is 0 Å². The minimum Gasteiger partial charge on any atom is -0.381 e.